The van der Waals surface area contributed by atoms with Crippen LogP contribution in [0, 0.1) is 5.82 Å². The normalized spacial score (nSPS) is 15.6. The molecule has 0 saturated carbocycles. The Morgan fingerprint density at radius 2 is 1.62 bits per heavy atom. The van der Waals surface area contributed by atoms with E-state index in [9.17, 15) is 14.0 Å². The second-order valence-electron chi connectivity index (χ2n) is 7.47. The summed E-state index contributed by atoms with van der Waals surface area (Å²) in [6.45, 7) is 0.556. The van der Waals surface area contributed by atoms with Gasteiger partial charge in [-0.2, -0.15) is 0 Å². The number of nitrogens with one attached hydrogen (secondary N) is 1. The summed E-state index contributed by atoms with van der Waals surface area (Å²) in [5, 5.41) is 3.85. The van der Waals surface area contributed by atoms with Crippen LogP contribution in [0.1, 0.15) is 37.9 Å². The second kappa shape index (κ2) is 9.49. The quantitative estimate of drug-likeness (QED) is 0.492. The van der Waals surface area contributed by atoms with E-state index in [1.807, 2.05) is 24.3 Å². The lowest BCUT2D eigenvalue weighted by Crippen LogP contribution is -2.40. The highest BCUT2D eigenvalue weighted by atomic mass is 35.5. The SMILES string of the molecule is O=C(NC1CN(C(=O)c2ccc(Cl)cc2F)CCc2ccccc21)c1ccc(Cl)cc1Cl. The van der Waals surface area contributed by atoms with Crippen molar-refractivity contribution in [3.63, 3.8) is 0 Å². The van der Waals surface area contributed by atoms with Gasteiger partial charge in [0, 0.05) is 23.1 Å². The molecule has 0 radical (unpaired) electrons. The van der Waals surface area contributed by atoms with Crippen molar-refractivity contribution < 1.29 is 14.0 Å². The molecular weight excluding hydrogens is 474 g/mol. The molecule has 0 saturated heterocycles. The summed E-state index contributed by atoms with van der Waals surface area (Å²) in [4.78, 5) is 27.7. The van der Waals surface area contributed by atoms with Crippen LogP contribution in [0.2, 0.25) is 15.1 Å². The van der Waals surface area contributed by atoms with E-state index in [4.69, 9.17) is 34.8 Å². The van der Waals surface area contributed by atoms with Crippen molar-refractivity contribution in [2.24, 2.45) is 0 Å². The standard InChI is InChI=1S/C24H18Cl3FN2O2/c25-15-5-7-18(20(27)11-15)23(31)29-22-13-30(10-9-14-3-1-2-4-17(14)22)24(32)19-8-6-16(26)12-21(19)28/h1-8,11-12,22H,9-10,13H2,(H,29,31). The molecule has 3 aromatic carbocycles. The Hall–Kier alpha value is -2.60. The molecule has 4 nitrogen and oxygen atoms in total. The highest BCUT2D eigenvalue weighted by Gasteiger charge is 2.29. The summed E-state index contributed by atoms with van der Waals surface area (Å²) < 4.78 is 14.4. The van der Waals surface area contributed by atoms with Crippen molar-refractivity contribution in [3.05, 3.63) is 104 Å². The average molecular weight is 492 g/mol. The van der Waals surface area contributed by atoms with E-state index in [1.165, 1.54) is 18.2 Å². The Kier molecular flexibility index (Phi) is 6.70. The summed E-state index contributed by atoms with van der Waals surface area (Å²) in [6, 6.07) is 15.8. The predicted octanol–water partition coefficient (Wildman–Crippen LogP) is 5.96. The van der Waals surface area contributed by atoms with E-state index in [0.717, 1.165) is 17.2 Å². The van der Waals surface area contributed by atoms with Gasteiger partial charge in [0.05, 0.1) is 22.2 Å². The van der Waals surface area contributed by atoms with E-state index in [2.05, 4.69) is 5.32 Å². The molecule has 4 rings (SSSR count). The third-order valence-electron chi connectivity index (χ3n) is 5.41. The minimum Gasteiger partial charge on any atom is -0.343 e. The Bertz CT molecular complexity index is 1200. The fraction of sp³-hybridized carbons (Fsp3) is 0.167. The van der Waals surface area contributed by atoms with Gasteiger partial charge in [-0.15, -0.1) is 0 Å². The van der Waals surface area contributed by atoms with Crippen LogP contribution in [0.25, 0.3) is 0 Å². The molecule has 0 aromatic heterocycles. The van der Waals surface area contributed by atoms with Gasteiger partial charge < -0.3 is 10.2 Å². The molecule has 164 valence electrons. The molecular formula is C24H18Cl3FN2O2. The van der Waals surface area contributed by atoms with Gasteiger partial charge in [0.1, 0.15) is 5.82 Å². The fourth-order valence-electron chi connectivity index (χ4n) is 3.82. The smallest absolute Gasteiger partial charge is 0.256 e. The summed E-state index contributed by atoms with van der Waals surface area (Å²) in [5.41, 5.74) is 2.12. The van der Waals surface area contributed by atoms with Crippen molar-refractivity contribution in [3.8, 4) is 0 Å². The van der Waals surface area contributed by atoms with Crippen LogP contribution in [-0.2, 0) is 6.42 Å². The molecule has 0 aliphatic carbocycles. The van der Waals surface area contributed by atoms with Crippen molar-refractivity contribution in [1.82, 2.24) is 10.2 Å². The molecule has 0 bridgehead atoms. The van der Waals surface area contributed by atoms with Crippen molar-refractivity contribution in [1.29, 1.82) is 0 Å². The molecule has 0 fully saturated rings. The maximum absolute atomic E-state index is 14.4. The van der Waals surface area contributed by atoms with Crippen molar-refractivity contribution >= 4 is 46.6 Å². The summed E-state index contributed by atoms with van der Waals surface area (Å²) in [6.07, 6.45) is 0.575. The lowest BCUT2D eigenvalue weighted by Gasteiger charge is -2.26. The third kappa shape index (κ3) is 4.75. The molecule has 0 spiro atoms. The van der Waals surface area contributed by atoms with E-state index in [0.29, 0.717) is 18.0 Å². The maximum atomic E-state index is 14.4. The number of rotatable bonds is 3. The van der Waals surface area contributed by atoms with Gasteiger partial charge in [0.2, 0.25) is 0 Å². The second-order valence-corrected chi connectivity index (χ2v) is 8.75. The van der Waals surface area contributed by atoms with Crippen LogP contribution >= 0.6 is 34.8 Å². The minimum atomic E-state index is -0.683. The van der Waals surface area contributed by atoms with Crippen LogP contribution in [0.3, 0.4) is 0 Å². The zero-order valence-corrected chi connectivity index (χ0v) is 19.0. The number of halogens is 4. The lowest BCUT2D eigenvalue weighted by atomic mass is 9.99. The first-order valence-electron chi connectivity index (χ1n) is 9.91. The molecule has 1 atom stereocenters. The number of carbonyl (C=O) groups excluding carboxylic acids is 2. The highest BCUT2D eigenvalue weighted by molar-refractivity contribution is 6.36. The monoisotopic (exact) mass is 490 g/mol. The van der Waals surface area contributed by atoms with Crippen molar-refractivity contribution in [2.75, 3.05) is 13.1 Å². The fourth-order valence-corrected chi connectivity index (χ4v) is 4.47. The van der Waals surface area contributed by atoms with Crippen LogP contribution in [0.15, 0.2) is 60.7 Å². The molecule has 1 aliphatic heterocycles. The van der Waals surface area contributed by atoms with Crippen LogP contribution in [0.4, 0.5) is 4.39 Å². The number of fused-ring (bicyclic) bond motifs is 1. The van der Waals surface area contributed by atoms with Gasteiger partial charge in [0.15, 0.2) is 0 Å². The molecule has 8 heteroatoms. The van der Waals surface area contributed by atoms with Crippen LogP contribution in [0.5, 0.6) is 0 Å². The molecule has 2 amide bonds. The van der Waals surface area contributed by atoms with Crippen molar-refractivity contribution in [2.45, 2.75) is 12.5 Å². The molecule has 32 heavy (non-hydrogen) atoms. The van der Waals surface area contributed by atoms with Crippen LogP contribution < -0.4 is 5.32 Å². The average Bonchev–Trinajstić information content (AvgIpc) is 2.93. The molecule has 3 aromatic rings. The number of nitrogens with zero attached hydrogens (tertiary/aromatic N) is 1. The summed E-state index contributed by atoms with van der Waals surface area (Å²) in [5.74, 6) is -1.54. The number of hydrogen-bond donors (Lipinski definition) is 1. The number of hydrogen-bond acceptors (Lipinski definition) is 2. The Morgan fingerprint density at radius 1 is 0.938 bits per heavy atom. The largest absolute Gasteiger partial charge is 0.343 e. The maximum Gasteiger partial charge on any atom is 0.256 e. The molecule has 1 unspecified atom stereocenters. The lowest BCUT2D eigenvalue weighted by molar-refractivity contribution is 0.0728. The number of amides is 2. The first kappa shape index (κ1) is 22.6. The summed E-state index contributed by atoms with van der Waals surface area (Å²) in [7, 11) is 0. The zero-order valence-electron chi connectivity index (χ0n) is 16.7. The van der Waals surface area contributed by atoms with E-state index >= 15 is 0 Å². The van der Waals surface area contributed by atoms with E-state index < -0.39 is 23.7 Å². The molecule has 1 aliphatic rings. The van der Waals surface area contributed by atoms with Crippen LogP contribution in [-0.4, -0.2) is 29.8 Å². The number of carbonyl (C=O) groups is 2. The van der Waals surface area contributed by atoms with Gasteiger partial charge in [-0.25, -0.2) is 4.39 Å². The Morgan fingerprint density at radius 3 is 2.34 bits per heavy atom. The number of benzene rings is 3. The van der Waals surface area contributed by atoms with Gasteiger partial charge >= 0.3 is 0 Å². The summed E-state index contributed by atoms with van der Waals surface area (Å²) >= 11 is 18.0. The Labute approximate surface area is 199 Å². The molecule has 1 heterocycles. The van der Waals surface area contributed by atoms with E-state index in [-0.39, 0.29) is 27.7 Å². The van der Waals surface area contributed by atoms with Gasteiger partial charge in [-0.05, 0) is 53.9 Å². The first-order chi connectivity index (χ1) is 15.3. The first-order valence-corrected chi connectivity index (χ1v) is 11.0. The minimum absolute atomic E-state index is 0.0637. The Balaban J connectivity index is 1.64. The predicted molar refractivity (Wildman–Crippen MR) is 124 cm³/mol. The zero-order chi connectivity index (χ0) is 22.8. The van der Waals surface area contributed by atoms with Gasteiger partial charge in [-0.1, -0.05) is 59.1 Å². The third-order valence-corrected chi connectivity index (χ3v) is 6.20. The highest BCUT2D eigenvalue weighted by Crippen LogP contribution is 2.27. The van der Waals surface area contributed by atoms with E-state index in [1.54, 1.807) is 17.0 Å². The van der Waals surface area contributed by atoms with Gasteiger partial charge in [-0.3, -0.25) is 9.59 Å². The van der Waals surface area contributed by atoms with Gasteiger partial charge in [0.25, 0.3) is 11.8 Å². The molecule has 1 N–H and O–H groups in total. The topological polar surface area (TPSA) is 49.4 Å².